The van der Waals surface area contributed by atoms with Crippen LogP contribution in [-0.2, 0) is 4.79 Å². The predicted octanol–water partition coefficient (Wildman–Crippen LogP) is 3.49. The maximum Gasteiger partial charge on any atom is 0.234 e. The first kappa shape index (κ1) is 18.4. The van der Waals surface area contributed by atoms with E-state index in [-0.39, 0.29) is 17.4 Å². The highest BCUT2D eigenvalue weighted by Crippen LogP contribution is 2.22. The van der Waals surface area contributed by atoms with E-state index in [1.165, 1.54) is 25.7 Å². The maximum absolute atomic E-state index is 11.7. The van der Waals surface area contributed by atoms with E-state index in [2.05, 4.69) is 45.3 Å². The van der Waals surface area contributed by atoms with Crippen LogP contribution in [0.25, 0.3) is 0 Å². The summed E-state index contributed by atoms with van der Waals surface area (Å²) in [6, 6.07) is 0.289. The third kappa shape index (κ3) is 11.0. The van der Waals surface area contributed by atoms with E-state index in [9.17, 15) is 4.79 Å². The zero-order valence-corrected chi connectivity index (χ0v) is 13.6. The van der Waals surface area contributed by atoms with Gasteiger partial charge >= 0.3 is 0 Å². The van der Waals surface area contributed by atoms with Crippen LogP contribution in [0.1, 0.15) is 73.1 Å². The number of carbonyl (C=O) groups excluding carboxylic acids is 1. The Morgan fingerprint density at radius 2 is 1.84 bits per heavy atom. The largest absolute Gasteiger partial charge is 0.353 e. The molecule has 3 nitrogen and oxygen atoms in total. The van der Waals surface area contributed by atoms with Gasteiger partial charge in [-0.3, -0.25) is 4.79 Å². The van der Waals surface area contributed by atoms with E-state index in [0.717, 1.165) is 19.4 Å². The van der Waals surface area contributed by atoms with Crippen molar-refractivity contribution in [2.24, 2.45) is 5.41 Å². The number of hydrogen-bond acceptors (Lipinski definition) is 2. The summed E-state index contributed by atoms with van der Waals surface area (Å²) in [6.45, 7) is 12.3. The second-order valence-corrected chi connectivity index (χ2v) is 6.48. The summed E-state index contributed by atoms with van der Waals surface area (Å²) in [5, 5.41) is 6.31. The van der Waals surface area contributed by atoms with Crippen molar-refractivity contribution in [3.05, 3.63) is 0 Å². The number of nitrogens with one attached hydrogen (secondary N) is 2. The molecule has 0 saturated heterocycles. The normalized spacial score (nSPS) is 13.3. The quantitative estimate of drug-likeness (QED) is 0.564. The molecule has 0 heterocycles. The lowest BCUT2D eigenvalue weighted by molar-refractivity contribution is -0.120. The van der Waals surface area contributed by atoms with Crippen molar-refractivity contribution in [2.75, 3.05) is 13.1 Å². The molecule has 1 amide bonds. The number of rotatable bonds is 11. The van der Waals surface area contributed by atoms with E-state index in [1.54, 1.807) is 0 Å². The molecular weight excluding hydrogens is 236 g/mol. The lowest BCUT2D eigenvalue weighted by atomic mass is 9.87. The van der Waals surface area contributed by atoms with Crippen molar-refractivity contribution in [3.8, 4) is 0 Å². The fourth-order valence-corrected chi connectivity index (χ4v) is 2.29. The Bertz CT molecular complexity index is 239. The zero-order valence-electron chi connectivity index (χ0n) is 13.6. The minimum atomic E-state index is 0.116. The molecule has 0 aliphatic rings. The van der Waals surface area contributed by atoms with E-state index < -0.39 is 0 Å². The first-order valence-electron chi connectivity index (χ1n) is 7.91. The second kappa shape index (κ2) is 10.2. The van der Waals surface area contributed by atoms with E-state index >= 15 is 0 Å². The summed E-state index contributed by atoms with van der Waals surface area (Å²) in [4.78, 5) is 11.7. The highest BCUT2D eigenvalue weighted by atomic mass is 16.1. The molecule has 0 radical (unpaired) electrons. The fraction of sp³-hybridized carbons (Fsp3) is 0.938. The van der Waals surface area contributed by atoms with Crippen LogP contribution in [-0.4, -0.2) is 25.0 Å². The standard InChI is InChI=1S/C16H34N2O/c1-6-8-9-11-16(4,5)13-17-12-15(19)18-14(3)10-7-2/h14,17H,6-13H2,1-5H3,(H,18,19). The van der Waals surface area contributed by atoms with Crippen molar-refractivity contribution < 1.29 is 4.79 Å². The molecular formula is C16H34N2O. The highest BCUT2D eigenvalue weighted by Gasteiger charge is 2.17. The zero-order chi connectivity index (χ0) is 14.7. The second-order valence-electron chi connectivity index (χ2n) is 6.48. The molecule has 0 spiro atoms. The van der Waals surface area contributed by atoms with Gasteiger partial charge in [-0.25, -0.2) is 0 Å². The number of hydrogen-bond donors (Lipinski definition) is 2. The average Bonchev–Trinajstić information content (AvgIpc) is 2.28. The van der Waals surface area contributed by atoms with Crippen LogP contribution in [0.5, 0.6) is 0 Å². The summed E-state index contributed by atoms with van der Waals surface area (Å²) in [7, 11) is 0. The van der Waals surface area contributed by atoms with Crippen LogP contribution in [0.2, 0.25) is 0 Å². The third-order valence-electron chi connectivity index (χ3n) is 3.48. The molecule has 0 saturated carbocycles. The molecule has 0 bridgehead atoms. The van der Waals surface area contributed by atoms with Crippen LogP contribution in [0.4, 0.5) is 0 Å². The first-order valence-corrected chi connectivity index (χ1v) is 7.91. The number of carbonyl (C=O) groups is 1. The molecule has 0 aliphatic carbocycles. The van der Waals surface area contributed by atoms with Crippen molar-refractivity contribution in [2.45, 2.75) is 79.2 Å². The topological polar surface area (TPSA) is 41.1 Å². The molecule has 114 valence electrons. The monoisotopic (exact) mass is 270 g/mol. The van der Waals surface area contributed by atoms with Gasteiger partial charge in [-0.15, -0.1) is 0 Å². The van der Waals surface area contributed by atoms with Crippen LogP contribution >= 0.6 is 0 Å². The molecule has 0 rings (SSSR count). The molecule has 2 N–H and O–H groups in total. The minimum Gasteiger partial charge on any atom is -0.353 e. The van der Waals surface area contributed by atoms with Gasteiger partial charge in [0, 0.05) is 12.6 Å². The Balaban J connectivity index is 3.73. The van der Waals surface area contributed by atoms with Gasteiger partial charge < -0.3 is 10.6 Å². The molecule has 1 unspecified atom stereocenters. The van der Waals surface area contributed by atoms with Gasteiger partial charge in [0.2, 0.25) is 5.91 Å². The minimum absolute atomic E-state index is 0.116. The van der Waals surface area contributed by atoms with Crippen molar-refractivity contribution in [1.82, 2.24) is 10.6 Å². The van der Waals surface area contributed by atoms with Gasteiger partial charge in [0.05, 0.1) is 6.54 Å². The van der Waals surface area contributed by atoms with E-state index in [4.69, 9.17) is 0 Å². The van der Waals surface area contributed by atoms with Crippen LogP contribution in [0.3, 0.4) is 0 Å². The van der Waals surface area contributed by atoms with Crippen molar-refractivity contribution in [1.29, 1.82) is 0 Å². The molecule has 0 fully saturated rings. The predicted molar refractivity (Wildman–Crippen MR) is 83.3 cm³/mol. The molecule has 0 aromatic carbocycles. The van der Waals surface area contributed by atoms with E-state index in [1.807, 2.05) is 0 Å². The average molecular weight is 270 g/mol. The molecule has 3 heteroatoms. The Hall–Kier alpha value is -0.570. The number of amides is 1. The Morgan fingerprint density at radius 1 is 1.16 bits per heavy atom. The summed E-state index contributed by atoms with van der Waals surface area (Å²) in [6.07, 6.45) is 7.24. The molecule has 0 aromatic rings. The maximum atomic E-state index is 11.7. The van der Waals surface area contributed by atoms with Crippen molar-refractivity contribution >= 4 is 5.91 Å². The molecule has 19 heavy (non-hydrogen) atoms. The van der Waals surface area contributed by atoms with Gasteiger partial charge in [-0.2, -0.15) is 0 Å². The van der Waals surface area contributed by atoms with Gasteiger partial charge in [-0.1, -0.05) is 53.4 Å². The lowest BCUT2D eigenvalue weighted by Crippen LogP contribution is -2.41. The summed E-state index contributed by atoms with van der Waals surface area (Å²) < 4.78 is 0. The van der Waals surface area contributed by atoms with Gasteiger partial charge in [0.15, 0.2) is 0 Å². The number of unbranched alkanes of at least 4 members (excludes halogenated alkanes) is 2. The van der Waals surface area contributed by atoms with Crippen molar-refractivity contribution in [3.63, 3.8) is 0 Å². The Labute approximate surface area is 119 Å². The Kier molecular flexibility index (Phi) is 9.94. The third-order valence-corrected chi connectivity index (χ3v) is 3.48. The smallest absolute Gasteiger partial charge is 0.234 e. The van der Waals surface area contributed by atoms with Gasteiger partial charge in [0.1, 0.15) is 0 Å². The van der Waals surface area contributed by atoms with Crippen LogP contribution < -0.4 is 10.6 Å². The Morgan fingerprint density at radius 3 is 2.42 bits per heavy atom. The van der Waals surface area contributed by atoms with Gasteiger partial charge in [0.25, 0.3) is 0 Å². The first-order chi connectivity index (χ1) is 8.91. The SMILES string of the molecule is CCCCCC(C)(C)CNCC(=O)NC(C)CCC. The lowest BCUT2D eigenvalue weighted by Gasteiger charge is -2.25. The summed E-state index contributed by atoms with van der Waals surface area (Å²) in [5.74, 6) is 0.116. The van der Waals surface area contributed by atoms with Crippen LogP contribution in [0.15, 0.2) is 0 Å². The summed E-state index contributed by atoms with van der Waals surface area (Å²) in [5.41, 5.74) is 0.282. The van der Waals surface area contributed by atoms with Gasteiger partial charge in [-0.05, 0) is 25.2 Å². The molecule has 0 aromatic heterocycles. The van der Waals surface area contributed by atoms with Crippen LogP contribution in [0, 0.1) is 5.41 Å². The highest BCUT2D eigenvalue weighted by molar-refractivity contribution is 5.78. The molecule has 0 aliphatic heterocycles. The fourth-order valence-electron chi connectivity index (χ4n) is 2.29. The van der Waals surface area contributed by atoms with E-state index in [0.29, 0.717) is 6.54 Å². The summed E-state index contributed by atoms with van der Waals surface area (Å²) >= 11 is 0. The molecule has 1 atom stereocenters.